The highest BCUT2D eigenvalue weighted by Gasteiger charge is 2.31. The minimum Gasteiger partial charge on any atom is -0.457 e. The van der Waals surface area contributed by atoms with Gasteiger partial charge in [0, 0.05) is 31.2 Å². The van der Waals surface area contributed by atoms with Gasteiger partial charge in [-0.2, -0.15) is 5.26 Å². The molecule has 4 aromatic rings. The number of hydrogen-bond acceptors (Lipinski definition) is 8. The van der Waals surface area contributed by atoms with Gasteiger partial charge in [0.2, 0.25) is 0 Å². The van der Waals surface area contributed by atoms with Crippen LogP contribution in [0.2, 0.25) is 0 Å². The van der Waals surface area contributed by atoms with Crippen LogP contribution in [-0.4, -0.2) is 54.6 Å². The summed E-state index contributed by atoms with van der Waals surface area (Å²) in [6.07, 6.45) is 4.10. The lowest BCUT2D eigenvalue weighted by molar-refractivity contribution is -0.117. The Hall–Kier alpha value is -4.95. The monoisotopic (exact) mass is 552 g/mol. The molecule has 0 bridgehead atoms. The van der Waals surface area contributed by atoms with Crippen molar-refractivity contribution in [3.8, 4) is 23.3 Å². The van der Waals surface area contributed by atoms with Crippen LogP contribution in [0.4, 0.5) is 5.82 Å². The summed E-state index contributed by atoms with van der Waals surface area (Å²) in [5.41, 5.74) is 6.70. The van der Waals surface area contributed by atoms with E-state index >= 15 is 0 Å². The Bertz CT molecular complexity index is 1690. The maximum atomic E-state index is 13.7. The maximum absolute atomic E-state index is 13.7. The molecule has 1 amide bonds. The zero-order chi connectivity index (χ0) is 29.1. The Labute approximate surface area is 237 Å². The highest BCUT2D eigenvalue weighted by atomic mass is 16.5. The van der Waals surface area contributed by atoms with Crippen molar-refractivity contribution in [2.75, 3.05) is 18.8 Å². The van der Waals surface area contributed by atoms with Crippen molar-refractivity contribution in [1.29, 1.82) is 5.26 Å². The van der Waals surface area contributed by atoms with E-state index in [2.05, 4.69) is 20.2 Å². The number of nitriles is 1. The summed E-state index contributed by atoms with van der Waals surface area (Å²) in [5, 5.41) is 12.5. The van der Waals surface area contributed by atoms with Crippen molar-refractivity contribution >= 4 is 22.9 Å². The molecular weight excluding hydrogens is 520 g/mol. The summed E-state index contributed by atoms with van der Waals surface area (Å²) in [7, 11) is 0. The van der Waals surface area contributed by atoms with Gasteiger partial charge >= 0.3 is 5.69 Å². The predicted molar refractivity (Wildman–Crippen MR) is 156 cm³/mol. The number of benzene rings is 2. The van der Waals surface area contributed by atoms with Crippen molar-refractivity contribution < 1.29 is 9.53 Å². The highest BCUT2D eigenvalue weighted by Crippen LogP contribution is 2.26. The van der Waals surface area contributed by atoms with Gasteiger partial charge in [0.1, 0.15) is 35.0 Å². The van der Waals surface area contributed by atoms with Gasteiger partial charge < -0.3 is 15.8 Å². The van der Waals surface area contributed by atoms with Gasteiger partial charge in [0.25, 0.3) is 5.91 Å². The van der Waals surface area contributed by atoms with E-state index in [1.54, 1.807) is 37.3 Å². The van der Waals surface area contributed by atoms with Crippen LogP contribution in [0, 0.1) is 11.3 Å². The number of imidazole rings is 1. The summed E-state index contributed by atoms with van der Waals surface area (Å²) in [5.74, 6) is 0.959. The summed E-state index contributed by atoms with van der Waals surface area (Å²) in [6, 6.07) is 17.9. The Kier molecular flexibility index (Phi) is 7.59. The number of anilines is 1. The number of likely N-dealkylation sites (tertiary alicyclic amines) is 1. The first-order valence-corrected chi connectivity index (χ1v) is 13.4. The van der Waals surface area contributed by atoms with Gasteiger partial charge in [-0.15, -0.1) is 0 Å². The molecular formula is C30H32N8O3. The van der Waals surface area contributed by atoms with Gasteiger partial charge in [-0.3, -0.25) is 18.8 Å². The first kappa shape index (κ1) is 27.6. The fourth-order valence-corrected chi connectivity index (χ4v) is 4.90. The van der Waals surface area contributed by atoms with Crippen LogP contribution in [0.5, 0.6) is 11.5 Å². The number of carbonyl (C=O) groups excluding carboxylic acids is 1. The summed E-state index contributed by atoms with van der Waals surface area (Å²) in [4.78, 5) is 37.4. The first-order chi connectivity index (χ1) is 19.7. The number of para-hydroxylation sites is 1. The highest BCUT2D eigenvalue weighted by molar-refractivity contribution is 5.97. The minimum absolute atomic E-state index is 0.0351. The molecule has 41 heavy (non-hydrogen) atoms. The largest absolute Gasteiger partial charge is 0.457 e. The van der Waals surface area contributed by atoms with E-state index in [1.165, 1.54) is 15.5 Å². The van der Waals surface area contributed by atoms with Gasteiger partial charge in [-0.1, -0.05) is 18.2 Å². The van der Waals surface area contributed by atoms with Crippen LogP contribution >= 0.6 is 0 Å². The molecule has 3 heterocycles. The molecule has 11 heteroatoms. The van der Waals surface area contributed by atoms with E-state index in [0.29, 0.717) is 28.4 Å². The van der Waals surface area contributed by atoms with Crippen LogP contribution in [0.15, 0.2) is 77.4 Å². The summed E-state index contributed by atoms with van der Waals surface area (Å²) < 4.78 is 8.77. The summed E-state index contributed by atoms with van der Waals surface area (Å²) in [6.45, 7) is 7.71. The molecule has 11 nitrogen and oxygen atoms in total. The standard InChI is InChI=1S/C30H32N8O3/c1-20(35-28(39)21(17-31)16-30(2,3)36-14-7-15-36)18-37-27-25(26(32)33-19-34-27)38(29(37)40)22-10-12-24(13-11-22)41-23-8-5-4-6-9-23/h4-6,8-13,16,19-20H,7,14-15,18H2,1-3H3,(H,35,39)(H2,32,33,34)/t20-/m0/s1. The number of hydrogen-bond donors (Lipinski definition) is 2. The Morgan fingerprint density at radius 1 is 1.15 bits per heavy atom. The zero-order valence-electron chi connectivity index (χ0n) is 23.2. The number of carbonyl (C=O) groups is 1. The average molecular weight is 553 g/mol. The average Bonchev–Trinajstić information content (AvgIpc) is 3.19. The van der Waals surface area contributed by atoms with Crippen molar-refractivity contribution in [2.24, 2.45) is 0 Å². The molecule has 210 valence electrons. The van der Waals surface area contributed by atoms with Crippen LogP contribution in [0.3, 0.4) is 0 Å². The normalized spacial score (nSPS) is 14.7. The molecule has 1 fully saturated rings. The van der Waals surface area contributed by atoms with Crippen LogP contribution in [0.25, 0.3) is 16.9 Å². The zero-order valence-corrected chi connectivity index (χ0v) is 23.2. The molecule has 0 saturated carbocycles. The number of nitrogens with zero attached hydrogens (tertiary/aromatic N) is 6. The first-order valence-electron chi connectivity index (χ1n) is 13.4. The lowest BCUT2D eigenvalue weighted by Crippen LogP contribution is -2.51. The number of aromatic nitrogens is 4. The van der Waals surface area contributed by atoms with Gasteiger partial charge in [-0.25, -0.2) is 14.8 Å². The molecule has 0 spiro atoms. The number of fused-ring (bicyclic) bond motifs is 1. The number of rotatable bonds is 9. The lowest BCUT2D eigenvalue weighted by atomic mass is 9.95. The molecule has 1 saturated heterocycles. The predicted octanol–water partition coefficient (Wildman–Crippen LogP) is 3.40. The molecule has 1 atom stereocenters. The molecule has 1 aliphatic heterocycles. The van der Waals surface area contributed by atoms with Crippen LogP contribution in [-0.2, 0) is 11.3 Å². The third kappa shape index (κ3) is 5.69. The third-order valence-electron chi connectivity index (χ3n) is 7.17. The SMILES string of the molecule is C[C@@H](Cn1c(=O)n(-c2ccc(Oc3ccccc3)cc2)c2c(N)ncnc21)NC(=O)C(C#N)=CC(C)(C)N1CCC1. The molecule has 5 rings (SSSR count). The number of ether oxygens (including phenoxy) is 1. The third-order valence-corrected chi connectivity index (χ3v) is 7.17. The van der Waals surface area contributed by atoms with Gasteiger partial charge in [-0.05, 0) is 69.7 Å². The molecule has 2 aromatic carbocycles. The fraction of sp³-hybridized carbons (Fsp3) is 0.300. The van der Waals surface area contributed by atoms with E-state index < -0.39 is 17.5 Å². The Morgan fingerprint density at radius 2 is 1.83 bits per heavy atom. The molecule has 0 aliphatic carbocycles. The van der Waals surface area contributed by atoms with Crippen molar-refractivity contribution in [3.63, 3.8) is 0 Å². The van der Waals surface area contributed by atoms with Crippen molar-refractivity contribution in [3.05, 3.63) is 83.1 Å². The van der Waals surface area contributed by atoms with Gasteiger partial charge in [0.05, 0.1) is 5.69 Å². The topological polar surface area (TPSA) is 144 Å². The van der Waals surface area contributed by atoms with E-state index in [0.717, 1.165) is 19.5 Å². The van der Waals surface area contributed by atoms with Gasteiger partial charge in [0.15, 0.2) is 11.5 Å². The maximum Gasteiger partial charge on any atom is 0.335 e. The smallest absolute Gasteiger partial charge is 0.335 e. The fourth-order valence-electron chi connectivity index (χ4n) is 4.90. The Morgan fingerprint density at radius 3 is 2.46 bits per heavy atom. The summed E-state index contributed by atoms with van der Waals surface area (Å²) >= 11 is 0. The Balaban J connectivity index is 1.40. The van der Waals surface area contributed by atoms with Crippen LogP contribution in [0.1, 0.15) is 27.2 Å². The molecule has 1 aliphatic rings. The number of nitrogens with two attached hydrogens (primary N) is 1. The van der Waals surface area contributed by atoms with Crippen LogP contribution < -0.4 is 21.5 Å². The van der Waals surface area contributed by atoms with Crippen molar-refractivity contribution in [1.82, 2.24) is 29.3 Å². The van der Waals surface area contributed by atoms with E-state index in [-0.39, 0.29) is 23.6 Å². The minimum atomic E-state index is -0.499. The van der Waals surface area contributed by atoms with E-state index in [1.807, 2.05) is 50.2 Å². The lowest BCUT2D eigenvalue weighted by Gasteiger charge is -2.43. The molecule has 2 aromatic heterocycles. The molecule has 0 radical (unpaired) electrons. The van der Waals surface area contributed by atoms with E-state index in [4.69, 9.17) is 10.5 Å². The second kappa shape index (κ2) is 11.3. The number of nitrogens with one attached hydrogen (secondary N) is 1. The second-order valence-corrected chi connectivity index (χ2v) is 10.6. The second-order valence-electron chi connectivity index (χ2n) is 10.6. The molecule has 3 N–H and O–H groups in total. The quantitative estimate of drug-likeness (QED) is 0.238. The molecule has 0 unspecified atom stereocenters. The van der Waals surface area contributed by atoms with E-state index in [9.17, 15) is 14.9 Å². The van der Waals surface area contributed by atoms with Crippen molar-refractivity contribution in [2.45, 2.75) is 45.3 Å². The number of amides is 1. The number of nitrogen functional groups attached to an aromatic ring is 1.